The lowest BCUT2D eigenvalue weighted by atomic mass is 9.43. The molecule has 1 amide bonds. The highest BCUT2D eigenvalue weighted by atomic mass is 35.6. The van der Waals surface area contributed by atoms with Crippen LogP contribution in [0.1, 0.15) is 92.4 Å². The van der Waals surface area contributed by atoms with Gasteiger partial charge in [0.15, 0.2) is 0 Å². The highest BCUT2D eigenvalue weighted by molar-refractivity contribution is 6.67. The van der Waals surface area contributed by atoms with Crippen LogP contribution in [0.2, 0.25) is 0 Å². The number of fused-ring (bicyclic) bond motifs is 5. The largest absolute Gasteiger partial charge is 0.469 e. The van der Waals surface area contributed by atoms with Gasteiger partial charge in [0.2, 0.25) is 3.79 Å². The fourth-order valence-corrected chi connectivity index (χ4v) is 9.74. The molecule has 6 nitrogen and oxygen atoms in total. The highest BCUT2D eigenvalue weighted by Gasteiger charge is 2.65. The second kappa shape index (κ2) is 12.7. The predicted molar refractivity (Wildman–Crippen MR) is 160 cm³/mol. The molecule has 230 valence electrons. The SMILES string of the molecule is CCO[C@@H]1CC[C@@]2(C)[C@@H](CC[C@@H]3[C@@H]2[C@H](N(CCC(C)C)C(=O)OCC(Cl)(Cl)Cl)C[C@]2(C)[C@@H](C(=O)OC)CC[C@@H]32)C1. The maximum atomic E-state index is 13.9. The highest BCUT2D eigenvalue weighted by Crippen LogP contribution is 2.68. The first-order valence-electron chi connectivity index (χ1n) is 15.4. The Kier molecular flexibility index (Phi) is 10.3. The summed E-state index contributed by atoms with van der Waals surface area (Å²) in [7, 11) is 1.49. The van der Waals surface area contributed by atoms with Gasteiger partial charge in [-0.2, -0.15) is 0 Å². The summed E-state index contributed by atoms with van der Waals surface area (Å²) in [6, 6.07) is -0.0606. The van der Waals surface area contributed by atoms with Crippen molar-refractivity contribution >= 4 is 46.9 Å². The maximum Gasteiger partial charge on any atom is 0.410 e. The topological polar surface area (TPSA) is 65.1 Å². The Bertz CT molecular complexity index is 912. The van der Waals surface area contributed by atoms with Crippen LogP contribution in [0, 0.1) is 46.3 Å². The number of halogens is 3. The average Bonchev–Trinajstić information content (AvgIpc) is 3.23. The van der Waals surface area contributed by atoms with Crippen LogP contribution in [0.5, 0.6) is 0 Å². The van der Waals surface area contributed by atoms with E-state index < -0.39 is 9.89 Å². The summed E-state index contributed by atoms with van der Waals surface area (Å²) in [5, 5.41) is 0. The van der Waals surface area contributed by atoms with Gasteiger partial charge in [0.1, 0.15) is 6.61 Å². The van der Waals surface area contributed by atoms with Crippen LogP contribution in [0.4, 0.5) is 4.79 Å². The first-order chi connectivity index (χ1) is 18.7. The third kappa shape index (κ3) is 6.40. The van der Waals surface area contributed by atoms with E-state index in [1.165, 1.54) is 13.5 Å². The molecule has 0 aliphatic heterocycles. The van der Waals surface area contributed by atoms with E-state index in [9.17, 15) is 9.59 Å². The number of hydrogen-bond acceptors (Lipinski definition) is 5. The van der Waals surface area contributed by atoms with Crippen LogP contribution in [-0.2, 0) is 19.0 Å². The standard InChI is InChI=1S/C31H50Cl3NO5/c1-7-39-21-12-14-29(4)20(16-21)8-9-22-23-10-11-24(27(36)38-6)30(23,5)17-25(26(22)29)35(15-13-19(2)3)28(37)40-18-31(32,33)34/h19-26H,7-18H2,1-6H3/t20-,21+,22-,23-,24+,25+,26+,29-,30-/m0/s1. The van der Waals surface area contributed by atoms with Crippen LogP contribution < -0.4 is 0 Å². The number of hydrogen-bond donors (Lipinski definition) is 0. The lowest BCUT2D eigenvalue weighted by Gasteiger charge is -2.64. The molecule has 9 atom stereocenters. The summed E-state index contributed by atoms with van der Waals surface area (Å²) >= 11 is 18.0. The molecule has 0 unspecified atom stereocenters. The summed E-state index contributed by atoms with van der Waals surface area (Å²) in [6.07, 6.45) is 8.90. The number of carbonyl (C=O) groups excluding carboxylic acids is 2. The van der Waals surface area contributed by atoms with E-state index in [-0.39, 0.29) is 35.4 Å². The van der Waals surface area contributed by atoms with E-state index in [2.05, 4.69) is 34.6 Å². The Morgan fingerprint density at radius 1 is 1.05 bits per heavy atom. The second-order valence-electron chi connectivity index (χ2n) is 13.9. The predicted octanol–water partition coefficient (Wildman–Crippen LogP) is 8.06. The van der Waals surface area contributed by atoms with Gasteiger partial charge in [-0.3, -0.25) is 4.79 Å². The number of ether oxygens (including phenoxy) is 3. The smallest absolute Gasteiger partial charge is 0.410 e. The molecule has 4 saturated carbocycles. The van der Waals surface area contributed by atoms with E-state index in [1.807, 2.05) is 4.90 Å². The minimum absolute atomic E-state index is 0.0606. The lowest BCUT2D eigenvalue weighted by molar-refractivity contribution is -0.172. The fourth-order valence-electron chi connectivity index (χ4n) is 9.58. The Morgan fingerprint density at radius 3 is 2.40 bits per heavy atom. The number of methoxy groups -OCH3 is 1. The van der Waals surface area contributed by atoms with Crippen LogP contribution in [0.15, 0.2) is 0 Å². The first kappa shape index (κ1) is 32.5. The Hall–Kier alpha value is -0.430. The summed E-state index contributed by atoms with van der Waals surface area (Å²) in [5.41, 5.74) is -0.159. The number of amides is 1. The molecular weight excluding hydrogens is 573 g/mol. The zero-order chi connectivity index (χ0) is 29.5. The van der Waals surface area contributed by atoms with Crippen molar-refractivity contribution in [2.75, 3.05) is 26.9 Å². The monoisotopic (exact) mass is 621 g/mol. The van der Waals surface area contributed by atoms with Gasteiger partial charge in [0.25, 0.3) is 0 Å². The molecule has 0 aromatic rings. The van der Waals surface area contributed by atoms with E-state index >= 15 is 0 Å². The Labute approximate surface area is 256 Å². The number of esters is 1. The zero-order valence-electron chi connectivity index (χ0n) is 25.2. The van der Waals surface area contributed by atoms with Crippen LogP contribution in [0.3, 0.4) is 0 Å². The summed E-state index contributed by atoms with van der Waals surface area (Å²) in [6.45, 7) is 12.2. The van der Waals surface area contributed by atoms with Crippen molar-refractivity contribution in [1.29, 1.82) is 0 Å². The molecule has 0 aromatic heterocycles. The van der Waals surface area contributed by atoms with E-state index in [0.717, 1.165) is 58.0 Å². The summed E-state index contributed by atoms with van der Waals surface area (Å²) in [5.74, 6) is 1.87. The van der Waals surface area contributed by atoms with Gasteiger partial charge in [-0.25, -0.2) is 4.79 Å². The minimum atomic E-state index is -1.67. The van der Waals surface area contributed by atoms with Crippen LogP contribution >= 0.6 is 34.8 Å². The average molecular weight is 623 g/mol. The molecule has 4 aliphatic carbocycles. The molecule has 4 aliphatic rings. The molecule has 9 heteroatoms. The molecule has 0 heterocycles. The molecule has 0 saturated heterocycles. The molecule has 4 rings (SSSR count). The van der Waals surface area contributed by atoms with Crippen molar-refractivity contribution in [2.45, 2.75) is 108 Å². The van der Waals surface area contributed by atoms with Crippen molar-refractivity contribution in [1.82, 2.24) is 4.90 Å². The Balaban J connectivity index is 1.75. The fraction of sp³-hybridized carbons (Fsp3) is 0.935. The molecule has 0 bridgehead atoms. The van der Waals surface area contributed by atoms with Gasteiger partial charge in [0, 0.05) is 19.2 Å². The van der Waals surface area contributed by atoms with E-state index in [0.29, 0.717) is 42.2 Å². The van der Waals surface area contributed by atoms with E-state index in [4.69, 9.17) is 49.0 Å². The zero-order valence-corrected chi connectivity index (χ0v) is 27.5. The maximum absolute atomic E-state index is 13.9. The van der Waals surface area contributed by atoms with Crippen molar-refractivity contribution in [3.8, 4) is 0 Å². The van der Waals surface area contributed by atoms with Crippen LogP contribution in [-0.4, -0.2) is 59.8 Å². The molecule has 0 radical (unpaired) electrons. The quantitative estimate of drug-likeness (QED) is 0.202. The molecular formula is C31H50Cl3NO5. The number of rotatable bonds is 8. The molecule has 0 aromatic carbocycles. The lowest BCUT2D eigenvalue weighted by Crippen LogP contribution is -2.64. The number of carbonyl (C=O) groups is 2. The van der Waals surface area contributed by atoms with E-state index in [1.54, 1.807) is 0 Å². The van der Waals surface area contributed by atoms with Crippen molar-refractivity contribution in [3.63, 3.8) is 0 Å². The van der Waals surface area contributed by atoms with Crippen molar-refractivity contribution in [2.24, 2.45) is 46.3 Å². The normalized spacial score (nSPS) is 39.2. The van der Waals surface area contributed by atoms with Gasteiger partial charge in [-0.1, -0.05) is 62.5 Å². The minimum Gasteiger partial charge on any atom is -0.469 e. The van der Waals surface area contributed by atoms with Gasteiger partial charge in [0.05, 0.1) is 19.1 Å². The Morgan fingerprint density at radius 2 is 1.77 bits per heavy atom. The number of nitrogens with zero attached hydrogens (tertiary/aromatic N) is 1. The first-order valence-corrected chi connectivity index (χ1v) is 16.6. The molecule has 0 N–H and O–H groups in total. The van der Waals surface area contributed by atoms with Crippen molar-refractivity contribution in [3.05, 3.63) is 0 Å². The van der Waals surface area contributed by atoms with Crippen molar-refractivity contribution < 1.29 is 23.8 Å². The van der Waals surface area contributed by atoms with Gasteiger partial charge >= 0.3 is 12.1 Å². The van der Waals surface area contributed by atoms with Gasteiger partial charge in [-0.15, -0.1) is 0 Å². The van der Waals surface area contributed by atoms with Gasteiger partial charge < -0.3 is 19.1 Å². The second-order valence-corrected chi connectivity index (χ2v) is 16.4. The molecule has 0 spiro atoms. The summed E-state index contributed by atoms with van der Waals surface area (Å²) in [4.78, 5) is 28.9. The van der Waals surface area contributed by atoms with Crippen LogP contribution in [0.25, 0.3) is 0 Å². The third-order valence-electron chi connectivity index (χ3n) is 11.4. The molecule has 4 fully saturated rings. The van der Waals surface area contributed by atoms with Gasteiger partial charge in [-0.05, 0) is 105 Å². The molecule has 40 heavy (non-hydrogen) atoms. The third-order valence-corrected chi connectivity index (χ3v) is 11.7. The summed E-state index contributed by atoms with van der Waals surface area (Å²) < 4.78 is 15.4. The number of alkyl halides is 3.